The molecule has 3 amide bonds. The Balaban J connectivity index is 1.67. The number of amides is 3. The number of carbonyl (C=O) groups excluding carboxylic acids is 3. The molecule has 0 aliphatic carbocycles. The molecule has 1 fully saturated rings. The number of imidazole rings is 1. The average molecular weight is 544 g/mol. The molecule has 13 nitrogen and oxygen atoms in total. The minimum atomic E-state index is -1.21. The van der Waals surface area contributed by atoms with E-state index in [4.69, 9.17) is 11.5 Å². The second-order valence-corrected chi connectivity index (χ2v) is 9.69. The summed E-state index contributed by atoms with van der Waals surface area (Å²) in [5, 5.41) is 24.4. The van der Waals surface area contributed by atoms with Crippen LogP contribution in [-0.4, -0.2) is 86.0 Å². The summed E-state index contributed by atoms with van der Waals surface area (Å²) >= 11 is 0. The van der Waals surface area contributed by atoms with Crippen molar-refractivity contribution >= 4 is 23.7 Å². The molecule has 13 heteroatoms. The number of H-pyrrole nitrogens is 1. The molecule has 212 valence electrons. The highest BCUT2D eigenvalue weighted by atomic mass is 16.4. The number of carbonyl (C=O) groups is 4. The van der Waals surface area contributed by atoms with Crippen LogP contribution in [0.3, 0.4) is 0 Å². The van der Waals surface area contributed by atoms with Gasteiger partial charge in [0.25, 0.3) is 0 Å². The number of aliphatic carboxylic acids is 1. The van der Waals surface area contributed by atoms with Gasteiger partial charge in [-0.3, -0.25) is 14.4 Å². The van der Waals surface area contributed by atoms with Crippen molar-refractivity contribution < 1.29 is 29.4 Å². The number of nitrogens with two attached hydrogens (primary N) is 2. The number of hydrogen-bond acceptors (Lipinski definition) is 8. The van der Waals surface area contributed by atoms with Crippen molar-refractivity contribution in [3.8, 4) is 5.75 Å². The fourth-order valence-corrected chi connectivity index (χ4v) is 4.60. The molecule has 0 bridgehead atoms. The van der Waals surface area contributed by atoms with Crippen LogP contribution in [0, 0.1) is 0 Å². The molecule has 0 radical (unpaired) electrons. The van der Waals surface area contributed by atoms with E-state index in [0.717, 1.165) is 5.56 Å². The third kappa shape index (κ3) is 8.52. The average Bonchev–Trinajstić information content (AvgIpc) is 3.61. The summed E-state index contributed by atoms with van der Waals surface area (Å²) in [5.74, 6) is -2.61. The smallest absolute Gasteiger partial charge is 0.326 e. The molecule has 4 unspecified atom stereocenters. The van der Waals surface area contributed by atoms with Crippen molar-refractivity contribution in [2.24, 2.45) is 11.5 Å². The van der Waals surface area contributed by atoms with E-state index in [1.165, 1.54) is 29.6 Å². The maximum atomic E-state index is 13.6. The van der Waals surface area contributed by atoms with Crippen LogP contribution in [0.25, 0.3) is 0 Å². The van der Waals surface area contributed by atoms with Gasteiger partial charge >= 0.3 is 5.97 Å². The first kappa shape index (κ1) is 29.6. The summed E-state index contributed by atoms with van der Waals surface area (Å²) in [4.78, 5) is 59.5. The number of nitrogens with zero attached hydrogens (tertiary/aromatic N) is 2. The molecule has 9 N–H and O–H groups in total. The molecule has 0 spiro atoms. The van der Waals surface area contributed by atoms with E-state index in [-0.39, 0.29) is 18.6 Å². The van der Waals surface area contributed by atoms with E-state index >= 15 is 0 Å². The summed E-state index contributed by atoms with van der Waals surface area (Å²) in [7, 11) is 0. The predicted molar refractivity (Wildman–Crippen MR) is 141 cm³/mol. The van der Waals surface area contributed by atoms with Gasteiger partial charge in [-0.25, -0.2) is 9.78 Å². The van der Waals surface area contributed by atoms with Crippen LogP contribution in [0.2, 0.25) is 0 Å². The highest BCUT2D eigenvalue weighted by Crippen LogP contribution is 2.21. The number of nitrogens with one attached hydrogen (secondary N) is 3. The number of rotatable bonds is 14. The van der Waals surface area contributed by atoms with Gasteiger partial charge in [-0.1, -0.05) is 12.1 Å². The summed E-state index contributed by atoms with van der Waals surface area (Å²) in [5.41, 5.74) is 13.0. The third-order valence-corrected chi connectivity index (χ3v) is 6.72. The van der Waals surface area contributed by atoms with Crippen molar-refractivity contribution in [1.29, 1.82) is 0 Å². The van der Waals surface area contributed by atoms with Crippen LogP contribution in [0.5, 0.6) is 5.75 Å². The van der Waals surface area contributed by atoms with Gasteiger partial charge in [0.15, 0.2) is 0 Å². The predicted octanol–water partition coefficient (Wildman–Crippen LogP) is -0.598. The van der Waals surface area contributed by atoms with Crippen molar-refractivity contribution in [2.75, 3.05) is 13.1 Å². The number of aromatic amines is 1. The zero-order valence-corrected chi connectivity index (χ0v) is 21.7. The van der Waals surface area contributed by atoms with Gasteiger partial charge in [-0.05, 0) is 62.8 Å². The first-order valence-electron chi connectivity index (χ1n) is 13.0. The molecule has 4 atom stereocenters. The number of carboxylic acid groups (broad SMARTS) is 1. The van der Waals surface area contributed by atoms with Crippen molar-refractivity contribution in [1.82, 2.24) is 25.5 Å². The summed E-state index contributed by atoms with van der Waals surface area (Å²) in [6.07, 6.45) is 5.60. The first-order chi connectivity index (χ1) is 18.7. The minimum Gasteiger partial charge on any atom is -0.508 e. The number of hydrogen-bond donors (Lipinski definition) is 7. The Morgan fingerprint density at radius 1 is 1.10 bits per heavy atom. The summed E-state index contributed by atoms with van der Waals surface area (Å²) in [6, 6.07) is 2.42. The third-order valence-electron chi connectivity index (χ3n) is 6.72. The lowest BCUT2D eigenvalue weighted by Gasteiger charge is -2.30. The number of aromatic nitrogens is 2. The van der Waals surface area contributed by atoms with Gasteiger partial charge in [-0.15, -0.1) is 0 Å². The number of phenolic OH excluding ortho intramolecular Hbond substituents is 1. The molecule has 2 heterocycles. The highest BCUT2D eigenvalue weighted by molar-refractivity contribution is 5.94. The normalized spacial score (nSPS) is 17.3. The number of aromatic hydroxyl groups is 1. The molecule has 1 aliphatic heterocycles. The number of unbranched alkanes of at least 4 members (excludes halogenated alkanes) is 1. The lowest BCUT2D eigenvalue weighted by molar-refractivity contribution is -0.145. The number of carboxylic acids is 1. The lowest BCUT2D eigenvalue weighted by Crippen LogP contribution is -2.57. The lowest BCUT2D eigenvalue weighted by atomic mass is 10.0. The highest BCUT2D eigenvalue weighted by Gasteiger charge is 2.39. The van der Waals surface area contributed by atoms with Crippen molar-refractivity contribution in [3.05, 3.63) is 48.0 Å². The molecule has 1 saturated heterocycles. The molecule has 0 saturated carbocycles. The van der Waals surface area contributed by atoms with E-state index in [1.807, 2.05) is 0 Å². The van der Waals surface area contributed by atoms with E-state index in [1.54, 1.807) is 12.1 Å². The standard InChI is InChI=1S/C26H37N7O6/c27-10-2-1-4-20(31-23(35)19(28)12-16-6-8-18(34)9-7-16)25(37)33-11-3-5-22(33)24(36)32-21(26(38)39)13-17-14-29-15-30-17/h6-9,14-15,19-22,34H,1-5,10-13,27-28H2,(H,29,30)(H,31,35)(H,32,36)(H,38,39). The van der Waals surface area contributed by atoms with Gasteiger partial charge < -0.3 is 42.2 Å². The number of benzene rings is 1. The SMILES string of the molecule is NCCCCC(NC(=O)C(N)Cc1ccc(O)cc1)C(=O)N1CCCC1C(=O)NC(Cc1cnc[nH]1)C(=O)O. The van der Waals surface area contributed by atoms with Crippen LogP contribution >= 0.6 is 0 Å². The Morgan fingerprint density at radius 2 is 1.85 bits per heavy atom. The van der Waals surface area contributed by atoms with E-state index in [2.05, 4.69) is 20.6 Å². The van der Waals surface area contributed by atoms with E-state index in [9.17, 15) is 29.4 Å². The Morgan fingerprint density at radius 3 is 2.49 bits per heavy atom. The second kappa shape index (κ2) is 14.3. The van der Waals surface area contributed by atoms with Gasteiger partial charge in [0, 0.05) is 24.9 Å². The number of likely N-dealkylation sites (tertiary alicyclic amines) is 1. The Labute approximate surface area is 226 Å². The zero-order chi connectivity index (χ0) is 28.4. The van der Waals surface area contributed by atoms with Crippen LogP contribution in [0.15, 0.2) is 36.8 Å². The summed E-state index contributed by atoms with van der Waals surface area (Å²) < 4.78 is 0. The largest absolute Gasteiger partial charge is 0.508 e. The molecule has 2 aromatic rings. The molecule has 39 heavy (non-hydrogen) atoms. The van der Waals surface area contributed by atoms with E-state index < -0.39 is 47.9 Å². The van der Waals surface area contributed by atoms with Gasteiger partial charge in [-0.2, -0.15) is 0 Å². The van der Waals surface area contributed by atoms with Gasteiger partial charge in [0.2, 0.25) is 17.7 Å². The minimum absolute atomic E-state index is 0.0123. The van der Waals surface area contributed by atoms with Crippen molar-refractivity contribution in [2.45, 2.75) is 69.1 Å². The van der Waals surface area contributed by atoms with Crippen LogP contribution in [0.1, 0.15) is 43.4 Å². The summed E-state index contributed by atoms with van der Waals surface area (Å²) in [6.45, 7) is 0.731. The first-order valence-corrected chi connectivity index (χ1v) is 13.0. The molecular formula is C26H37N7O6. The molecular weight excluding hydrogens is 506 g/mol. The molecule has 1 aromatic heterocycles. The second-order valence-electron chi connectivity index (χ2n) is 9.69. The van der Waals surface area contributed by atoms with Gasteiger partial charge in [0.05, 0.1) is 12.4 Å². The molecule has 1 aliphatic rings. The van der Waals surface area contributed by atoms with Crippen LogP contribution in [0.4, 0.5) is 0 Å². The quantitative estimate of drug-likeness (QED) is 0.151. The van der Waals surface area contributed by atoms with Crippen molar-refractivity contribution in [3.63, 3.8) is 0 Å². The van der Waals surface area contributed by atoms with E-state index in [0.29, 0.717) is 50.9 Å². The monoisotopic (exact) mass is 543 g/mol. The molecule has 1 aromatic carbocycles. The number of phenols is 1. The van der Waals surface area contributed by atoms with Crippen LogP contribution in [-0.2, 0) is 32.0 Å². The zero-order valence-electron chi connectivity index (χ0n) is 21.7. The topological polar surface area (TPSA) is 217 Å². The molecule has 3 rings (SSSR count). The maximum absolute atomic E-state index is 13.6. The Kier molecular flexibility index (Phi) is 10.8. The fraction of sp³-hybridized carbons (Fsp3) is 0.500. The maximum Gasteiger partial charge on any atom is 0.326 e. The fourth-order valence-electron chi connectivity index (χ4n) is 4.60. The van der Waals surface area contributed by atoms with Gasteiger partial charge in [0.1, 0.15) is 23.9 Å². The Bertz CT molecular complexity index is 1110. The van der Waals surface area contributed by atoms with Crippen LogP contribution < -0.4 is 22.1 Å². The Hall–Kier alpha value is -3.97.